The van der Waals surface area contributed by atoms with Gasteiger partial charge in [0, 0.05) is 11.8 Å². The summed E-state index contributed by atoms with van der Waals surface area (Å²) in [6.45, 7) is 14.8. The lowest BCUT2D eigenvalue weighted by Gasteiger charge is -2.40. The number of carbonyl (C=O) groups excluding carboxylic acids is 1. The fourth-order valence-electron chi connectivity index (χ4n) is 4.45. The van der Waals surface area contributed by atoms with E-state index in [1.54, 1.807) is 12.1 Å². The van der Waals surface area contributed by atoms with E-state index in [2.05, 4.69) is 66.2 Å². The van der Waals surface area contributed by atoms with E-state index in [4.69, 9.17) is 21.3 Å². The van der Waals surface area contributed by atoms with Gasteiger partial charge in [0.25, 0.3) is 0 Å². The number of anilines is 2. The second kappa shape index (κ2) is 9.53. The van der Waals surface area contributed by atoms with Gasteiger partial charge >= 0.3 is 5.97 Å². The molecular formula is C27H34ClN5O2. The van der Waals surface area contributed by atoms with E-state index in [9.17, 15) is 4.79 Å². The van der Waals surface area contributed by atoms with Crippen LogP contribution in [-0.2, 0) is 10.4 Å². The zero-order valence-electron chi connectivity index (χ0n) is 21.5. The van der Waals surface area contributed by atoms with Gasteiger partial charge in [-0.25, -0.2) is 14.8 Å². The Balaban J connectivity index is 1.74. The van der Waals surface area contributed by atoms with Gasteiger partial charge < -0.3 is 19.9 Å². The van der Waals surface area contributed by atoms with Gasteiger partial charge in [0.2, 0.25) is 0 Å². The van der Waals surface area contributed by atoms with Crippen molar-refractivity contribution in [3.05, 3.63) is 58.1 Å². The summed E-state index contributed by atoms with van der Waals surface area (Å²) < 4.78 is 7.68. The summed E-state index contributed by atoms with van der Waals surface area (Å²) in [5.74, 6) is 0.697. The number of nitrogens with one attached hydrogen (secondary N) is 2. The Kier molecular flexibility index (Phi) is 6.82. The molecule has 0 radical (unpaired) electrons. The summed E-state index contributed by atoms with van der Waals surface area (Å²) in [5, 5.41) is 7.52. The SMILES string of the molecule is CCC1(C)Nc2c(cc(C)cc2C(C)Nc2ccc(Cl)nc2C(=O)OCC(C)C)-c2nc(C)cn21. The number of halogens is 1. The zero-order valence-corrected chi connectivity index (χ0v) is 22.2. The first-order valence-corrected chi connectivity index (χ1v) is 12.5. The van der Waals surface area contributed by atoms with Crippen LogP contribution in [0.25, 0.3) is 11.4 Å². The minimum atomic E-state index is -0.489. The number of fused-ring (bicyclic) bond motifs is 3. The Morgan fingerprint density at radius 2 is 1.97 bits per heavy atom. The number of rotatable bonds is 7. The maximum absolute atomic E-state index is 12.8. The van der Waals surface area contributed by atoms with E-state index in [1.165, 1.54) is 0 Å². The Morgan fingerprint density at radius 1 is 1.23 bits per heavy atom. The number of ether oxygens (including phenoxy) is 1. The van der Waals surface area contributed by atoms with Crippen molar-refractivity contribution >= 4 is 28.9 Å². The molecule has 1 aliphatic rings. The highest BCUT2D eigenvalue weighted by molar-refractivity contribution is 6.29. The van der Waals surface area contributed by atoms with Crippen LogP contribution in [0.2, 0.25) is 5.15 Å². The molecule has 0 saturated heterocycles. The smallest absolute Gasteiger partial charge is 0.359 e. The zero-order chi connectivity index (χ0) is 25.5. The van der Waals surface area contributed by atoms with Crippen molar-refractivity contribution in [2.24, 2.45) is 5.92 Å². The van der Waals surface area contributed by atoms with E-state index < -0.39 is 5.97 Å². The molecule has 7 nitrogen and oxygen atoms in total. The molecule has 0 fully saturated rings. The summed E-state index contributed by atoms with van der Waals surface area (Å²) in [7, 11) is 0. The molecule has 1 aromatic carbocycles. The van der Waals surface area contributed by atoms with E-state index >= 15 is 0 Å². The first-order valence-electron chi connectivity index (χ1n) is 12.1. The van der Waals surface area contributed by atoms with Gasteiger partial charge in [0.05, 0.1) is 29.7 Å². The normalized spacial score (nSPS) is 17.4. The van der Waals surface area contributed by atoms with Crippen LogP contribution in [0.3, 0.4) is 0 Å². The molecule has 2 atom stereocenters. The van der Waals surface area contributed by atoms with Crippen molar-refractivity contribution in [2.75, 3.05) is 17.2 Å². The molecule has 2 unspecified atom stereocenters. The van der Waals surface area contributed by atoms with Crippen LogP contribution < -0.4 is 10.6 Å². The van der Waals surface area contributed by atoms with Crippen LogP contribution in [0, 0.1) is 19.8 Å². The molecule has 0 spiro atoms. The Hall–Kier alpha value is -3.06. The standard InChI is InChI=1S/C27H34ClN5O2/c1-8-27(7)32-23-19(11-16(4)12-20(23)25-29-17(5)13-33(25)27)18(6)30-21-9-10-22(28)31-24(21)26(34)35-14-15(2)3/h9-13,15,18,30,32H,8,14H2,1-7H3. The van der Waals surface area contributed by atoms with Crippen molar-refractivity contribution in [2.45, 2.75) is 66.6 Å². The Morgan fingerprint density at radius 3 is 2.66 bits per heavy atom. The third-order valence-electron chi connectivity index (χ3n) is 6.44. The van der Waals surface area contributed by atoms with Crippen LogP contribution in [0.5, 0.6) is 0 Å². The summed E-state index contributed by atoms with van der Waals surface area (Å²) >= 11 is 6.12. The number of pyridine rings is 1. The van der Waals surface area contributed by atoms with E-state index in [0.717, 1.165) is 40.3 Å². The Bertz CT molecular complexity index is 1270. The number of hydrogen-bond acceptors (Lipinski definition) is 6. The molecular weight excluding hydrogens is 462 g/mol. The minimum Gasteiger partial charge on any atom is -0.461 e. The number of hydrogen-bond donors (Lipinski definition) is 2. The highest BCUT2D eigenvalue weighted by Crippen LogP contribution is 2.44. The largest absolute Gasteiger partial charge is 0.461 e. The molecule has 2 aromatic heterocycles. The molecule has 2 N–H and O–H groups in total. The second-order valence-corrected chi connectivity index (χ2v) is 10.4. The molecule has 1 aliphatic heterocycles. The third-order valence-corrected chi connectivity index (χ3v) is 6.65. The van der Waals surface area contributed by atoms with Gasteiger partial charge in [0.15, 0.2) is 5.69 Å². The summed E-state index contributed by atoms with van der Waals surface area (Å²) in [6.07, 6.45) is 2.99. The number of nitrogens with zero attached hydrogens (tertiary/aromatic N) is 3. The Labute approximate surface area is 212 Å². The van der Waals surface area contributed by atoms with Gasteiger partial charge in [-0.1, -0.05) is 38.4 Å². The number of esters is 1. The predicted molar refractivity (Wildman–Crippen MR) is 141 cm³/mol. The van der Waals surface area contributed by atoms with Gasteiger partial charge in [-0.15, -0.1) is 0 Å². The average Bonchev–Trinajstić information content (AvgIpc) is 3.21. The molecule has 4 rings (SSSR count). The molecule has 186 valence electrons. The number of aromatic nitrogens is 3. The number of aryl methyl sites for hydroxylation is 2. The van der Waals surface area contributed by atoms with E-state index in [0.29, 0.717) is 12.3 Å². The van der Waals surface area contributed by atoms with Crippen molar-refractivity contribution in [3.63, 3.8) is 0 Å². The second-order valence-electron chi connectivity index (χ2n) is 9.99. The van der Waals surface area contributed by atoms with Crippen molar-refractivity contribution < 1.29 is 9.53 Å². The summed E-state index contributed by atoms with van der Waals surface area (Å²) in [5.41, 5.74) is 5.78. The van der Waals surface area contributed by atoms with Crippen molar-refractivity contribution in [3.8, 4) is 11.4 Å². The number of imidazole rings is 1. The van der Waals surface area contributed by atoms with Crippen molar-refractivity contribution in [1.82, 2.24) is 14.5 Å². The fraction of sp³-hybridized carbons (Fsp3) is 0.444. The highest BCUT2D eigenvalue weighted by atomic mass is 35.5. The lowest BCUT2D eigenvalue weighted by molar-refractivity contribution is 0.0453. The first-order chi connectivity index (χ1) is 16.5. The van der Waals surface area contributed by atoms with Crippen LogP contribution in [0.1, 0.15) is 74.4 Å². The summed E-state index contributed by atoms with van der Waals surface area (Å²) in [6, 6.07) is 7.66. The first kappa shape index (κ1) is 25.0. The lowest BCUT2D eigenvalue weighted by Crippen LogP contribution is -2.41. The van der Waals surface area contributed by atoms with Gasteiger partial charge in [-0.3, -0.25) is 0 Å². The number of benzene rings is 1. The molecule has 0 amide bonds. The third kappa shape index (κ3) is 4.87. The summed E-state index contributed by atoms with van der Waals surface area (Å²) in [4.78, 5) is 21.9. The quantitative estimate of drug-likeness (QED) is 0.280. The van der Waals surface area contributed by atoms with Gasteiger partial charge in [0.1, 0.15) is 16.6 Å². The average molecular weight is 496 g/mol. The monoisotopic (exact) mass is 495 g/mol. The molecule has 35 heavy (non-hydrogen) atoms. The minimum absolute atomic E-state index is 0.139. The lowest BCUT2D eigenvalue weighted by atomic mass is 9.93. The number of carbonyl (C=O) groups is 1. The van der Waals surface area contributed by atoms with E-state index in [1.807, 2.05) is 20.8 Å². The molecule has 8 heteroatoms. The van der Waals surface area contributed by atoms with Crippen LogP contribution in [-0.4, -0.2) is 27.1 Å². The fourth-order valence-corrected chi connectivity index (χ4v) is 4.60. The molecule has 3 aromatic rings. The maximum atomic E-state index is 12.8. The molecule has 3 heterocycles. The topological polar surface area (TPSA) is 81.1 Å². The molecule has 0 saturated carbocycles. The molecule has 0 aliphatic carbocycles. The van der Waals surface area contributed by atoms with Crippen LogP contribution in [0.4, 0.5) is 11.4 Å². The van der Waals surface area contributed by atoms with E-state index in [-0.39, 0.29) is 28.5 Å². The van der Waals surface area contributed by atoms with Crippen molar-refractivity contribution in [1.29, 1.82) is 0 Å². The van der Waals surface area contributed by atoms with Gasteiger partial charge in [-0.2, -0.15) is 0 Å². The maximum Gasteiger partial charge on any atom is 0.359 e. The van der Waals surface area contributed by atoms with Gasteiger partial charge in [-0.05, 0) is 69.4 Å². The predicted octanol–water partition coefficient (Wildman–Crippen LogP) is 6.71. The van der Waals surface area contributed by atoms with Crippen LogP contribution in [0.15, 0.2) is 30.5 Å². The highest BCUT2D eigenvalue weighted by Gasteiger charge is 2.35. The molecule has 0 bridgehead atoms. The van der Waals surface area contributed by atoms with Crippen LogP contribution >= 0.6 is 11.6 Å².